The lowest BCUT2D eigenvalue weighted by atomic mass is 9.72. The van der Waals surface area contributed by atoms with Gasteiger partial charge in [-0.3, -0.25) is 4.79 Å². The van der Waals surface area contributed by atoms with Crippen molar-refractivity contribution in [3.63, 3.8) is 0 Å². The number of aromatic nitrogens is 5. The Morgan fingerprint density at radius 2 is 1.77 bits per heavy atom. The minimum atomic E-state index is -0.539. The number of allylic oxidation sites excluding steroid dienone is 1. The SMILES string of the molecule is CCC1(C(=O)NC(C)C)CCN(c2ccc(C3(C)CC(c4cnc(N5CCNCC5)nc4)=Cn4ncc(C#N)c43)cn2)CC1. The van der Waals surface area contributed by atoms with Gasteiger partial charge in [0.1, 0.15) is 11.9 Å². The number of piperazine rings is 1. The van der Waals surface area contributed by atoms with Crippen molar-refractivity contribution >= 4 is 29.4 Å². The van der Waals surface area contributed by atoms with Crippen LogP contribution in [0.25, 0.3) is 11.8 Å². The second-order valence-corrected chi connectivity index (χ2v) is 12.8. The standard InChI is InChI=1S/C33H42N10O/c1-5-33(30(44)40-23(2)3)8-12-41(13-9-33)28-7-6-27(21-36-28)32(4)16-24(22-43-29(32)25(17-34)20-39-43)26-18-37-31(38-19-26)42-14-10-35-11-15-42/h6-7,18-23,35H,5,8-16H2,1-4H3,(H,40,44). The lowest BCUT2D eigenvalue weighted by Crippen LogP contribution is -2.50. The summed E-state index contributed by atoms with van der Waals surface area (Å²) in [6.07, 6.45) is 12.4. The Morgan fingerprint density at radius 1 is 1.05 bits per heavy atom. The number of carbonyl (C=O) groups is 1. The van der Waals surface area contributed by atoms with E-state index in [2.05, 4.69) is 57.6 Å². The van der Waals surface area contributed by atoms with Crippen LogP contribution in [0.4, 0.5) is 11.8 Å². The molecule has 2 fully saturated rings. The summed E-state index contributed by atoms with van der Waals surface area (Å²) in [6.45, 7) is 13.5. The fourth-order valence-electron chi connectivity index (χ4n) is 6.90. The van der Waals surface area contributed by atoms with Gasteiger partial charge in [0.25, 0.3) is 0 Å². The maximum Gasteiger partial charge on any atom is 0.226 e. The van der Waals surface area contributed by atoms with Gasteiger partial charge in [-0.1, -0.05) is 13.0 Å². The third kappa shape index (κ3) is 5.43. The summed E-state index contributed by atoms with van der Waals surface area (Å²) in [5.41, 5.74) is 3.56. The van der Waals surface area contributed by atoms with Crippen molar-refractivity contribution in [2.45, 2.75) is 64.8 Å². The van der Waals surface area contributed by atoms with E-state index in [0.29, 0.717) is 12.0 Å². The van der Waals surface area contributed by atoms with Crippen molar-refractivity contribution in [1.82, 2.24) is 35.4 Å². The number of hydrogen-bond donors (Lipinski definition) is 2. The van der Waals surface area contributed by atoms with Gasteiger partial charge in [0.05, 0.1) is 22.9 Å². The van der Waals surface area contributed by atoms with E-state index in [1.165, 1.54) is 0 Å². The molecule has 0 spiro atoms. The molecule has 0 saturated carbocycles. The number of pyridine rings is 1. The Hall–Kier alpha value is -4.30. The highest BCUT2D eigenvalue weighted by Crippen LogP contribution is 2.45. The summed E-state index contributed by atoms with van der Waals surface area (Å²) >= 11 is 0. The number of carbonyl (C=O) groups excluding carboxylic acids is 1. The predicted octanol–water partition coefficient (Wildman–Crippen LogP) is 3.58. The zero-order chi connectivity index (χ0) is 30.9. The van der Waals surface area contributed by atoms with Crippen LogP contribution >= 0.6 is 0 Å². The highest BCUT2D eigenvalue weighted by molar-refractivity contribution is 5.83. The number of rotatable bonds is 7. The van der Waals surface area contributed by atoms with Gasteiger partial charge in [-0.2, -0.15) is 10.4 Å². The number of nitriles is 1. The topological polar surface area (TPSA) is 128 Å². The lowest BCUT2D eigenvalue weighted by Gasteiger charge is -2.41. The molecule has 230 valence electrons. The van der Waals surface area contributed by atoms with Gasteiger partial charge >= 0.3 is 0 Å². The smallest absolute Gasteiger partial charge is 0.226 e. The van der Waals surface area contributed by atoms with Crippen LogP contribution in [0.5, 0.6) is 0 Å². The molecule has 1 unspecified atom stereocenters. The first-order chi connectivity index (χ1) is 21.3. The first-order valence-electron chi connectivity index (χ1n) is 15.8. The van der Waals surface area contributed by atoms with Crippen LogP contribution in [0.3, 0.4) is 0 Å². The molecule has 3 aliphatic rings. The maximum absolute atomic E-state index is 13.0. The quantitative estimate of drug-likeness (QED) is 0.422. The average molecular weight is 595 g/mol. The summed E-state index contributed by atoms with van der Waals surface area (Å²) in [7, 11) is 0. The summed E-state index contributed by atoms with van der Waals surface area (Å²) < 4.78 is 1.83. The predicted molar refractivity (Wildman–Crippen MR) is 171 cm³/mol. The molecule has 2 N–H and O–H groups in total. The third-order valence-corrected chi connectivity index (χ3v) is 9.68. The Balaban J connectivity index is 1.24. The van der Waals surface area contributed by atoms with Crippen molar-refractivity contribution in [2.75, 3.05) is 49.1 Å². The summed E-state index contributed by atoms with van der Waals surface area (Å²) in [4.78, 5) is 31.8. The Labute approximate surface area is 259 Å². The lowest BCUT2D eigenvalue weighted by molar-refractivity contribution is -0.133. The third-order valence-electron chi connectivity index (χ3n) is 9.68. The van der Waals surface area contributed by atoms with Gasteiger partial charge in [-0.25, -0.2) is 19.6 Å². The monoisotopic (exact) mass is 594 g/mol. The molecule has 11 nitrogen and oxygen atoms in total. The van der Waals surface area contributed by atoms with Crippen molar-refractivity contribution in [3.8, 4) is 6.07 Å². The molecule has 0 radical (unpaired) electrons. The van der Waals surface area contributed by atoms with Gasteiger partial charge in [-0.15, -0.1) is 0 Å². The second kappa shape index (κ2) is 12.0. The van der Waals surface area contributed by atoms with Gasteiger partial charge < -0.3 is 20.4 Å². The number of anilines is 2. The zero-order valence-electron chi connectivity index (χ0n) is 26.2. The molecule has 3 aromatic rings. The van der Waals surface area contributed by atoms with Crippen molar-refractivity contribution in [3.05, 3.63) is 59.3 Å². The van der Waals surface area contributed by atoms with E-state index in [0.717, 1.165) is 92.7 Å². The summed E-state index contributed by atoms with van der Waals surface area (Å²) in [5.74, 6) is 1.82. The van der Waals surface area contributed by atoms with Crippen LogP contribution in [-0.4, -0.2) is 75.9 Å². The van der Waals surface area contributed by atoms with Crippen LogP contribution in [0.15, 0.2) is 36.9 Å². The molecule has 0 aromatic carbocycles. The molecule has 6 heterocycles. The first kappa shape index (κ1) is 29.8. The van der Waals surface area contributed by atoms with Crippen molar-refractivity contribution in [1.29, 1.82) is 5.26 Å². The van der Waals surface area contributed by atoms with Crippen LogP contribution in [-0.2, 0) is 10.2 Å². The molecule has 0 bridgehead atoms. The van der Waals surface area contributed by atoms with E-state index in [-0.39, 0.29) is 17.4 Å². The van der Waals surface area contributed by atoms with Gasteiger partial charge in [0, 0.05) is 81.1 Å². The normalized spacial score (nSPS) is 21.4. The van der Waals surface area contributed by atoms with E-state index >= 15 is 0 Å². The minimum Gasteiger partial charge on any atom is -0.357 e. The highest BCUT2D eigenvalue weighted by atomic mass is 16.2. The number of piperidine rings is 1. The van der Waals surface area contributed by atoms with Crippen LogP contribution in [0.2, 0.25) is 0 Å². The average Bonchev–Trinajstić information content (AvgIpc) is 3.49. The zero-order valence-corrected chi connectivity index (χ0v) is 26.2. The fraction of sp³-hybridized carbons (Fsp3) is 0.515. The van der Waals surface area contributed by atoms with Gasteiger partial charge in [0.2, 0.25) is 11.9 Å². The molecule has 2 saturated heterocycles. The molecule has 0 aliphatic carbocycles. The first-order valence-corrected chi connectivity index (χ1v) is 15.8. The van der Waals surface area contributed by atoms with Crippen LogP contribution < -0.4 is 20.4 Å². The Kier molecular flexibility index (Phi) is 8.12. The van der Waals surface area contributed by atoms with E-state index in [4.69, 9.17) is 15.0 Å². The molecule has 1 atom stereocenters. The molecule has 1 amide bonds. The van der Waals surface area contributed by atoms with Crippen LogP contribution in [0, 0.1) is 16.7 Å². The minimum absolute atomic E-state index is 0.136. The molecule has 44 heavy (non-hydrogen) atoms. The maximum atomic E-state index is 13.0. The molecular weight excluding hydrogens is 552 g/mol. The molecule has 3 aliphatic heterocycles. The number of hydrogen-bond acceptors (Lipinski definition) is 9. The second-order valence-electron chi connectivity index (χ2n) is 12.8. The van der Waals surface area contributed by atoms with E-state index < -0.39 is 5.41 Å². The van der Waals surface area contributed by atoms with Crippen molar-refractivity contribution in [2.24, 2.45) is 5.41 Å². The van der Waals surface area contributed by atoms with E-state index in [1.807, 2.05) is 43.3 Å². The van der Waals surface area contributed by atoms with E-state index in [9.17, 15) is 10.1 Å². The Morgan fingerprint density at radius 3 is 2.39 bits per heavy atom. The summed E-state index contributed by atoms with van der Waals surface area (Å²) in [5, 5.41) is 21.0. The number of nitrogens with one attached hydrogen (secondary N) is 2. The number of nitrogens with zero attached hydrogens (tertiary/aromatic N) is 8. The number of amides is 1. The largest absolute Gasteiger partial charge is 0.357 e. The van der Waals surface area contributed by atoms with Gasteiger partial charge in [-0.05, 0) is 63.7 Å². The highest BCUT2D eigenvalue weighted by Gasteiger charge is 2.41. The fourth-order valence-corrected chi connectivity index (χ4v) is 6.90. The van der Waals surface area contributed by atoms with Crippen molar-refractivity contribution < 1.29 is 4.79 Å². The summed E-state index contributed by atoms with van der Waals surface area (Å²) in [6, 6.07) is 6.68. The van der Waals surface area contributed by atoms with E-state index in [1.54, 1.807) is 6.20 Å². The molecule has 3 aromatic heterocycles. The van der Waals surface area contributed by atoms with Gasteiger partial charge in [0.15, 0.2) is 0 Å². The van der Waals surface area contributed by atoms with Crippen LogP contribution in [0.1, 0.15) is 75.8 Å². The molecular formula is C33H42N10O. The molecule has 6 rings (SSSR count). The molecule has 11 heteroatoms. The number of fused-ring (bicyclic) bond motifs is 1. The Bertz CT molecular complexity index is 1560.